The van der Waals surface area contributed by atoms with Crippen molar-refractivity contribution in [1.82, 2.24) is 15.2 Å². The van der Waals surface area contributed by atoms with Crippen LogP contribution in [0.5, 0.6) is 17.2 Å². The van der Waals surface area contributed by atoms with Crippen LogP contribution in [0.4, 0.5) is 5.82 Å². The van der Waals surface area contributed by atoms with Gasteiger partial charge in [0.1, 0.15) is 16.8 Å². The first-order valence-corrected chi connectivity index (χ1v) is 9.36. The largest absolute Gasteiger partial charge is 0.502 e. The summed E-state index contributed by atoms with van der Waals surface area (Å²) in [6, 6.07) is 6.02. The number of aromatic nitrogens is 2. The van der Waals surface area contributed by atoms with Gasteiger partial charge in [-0.1, -0.05) is 0 Å². The molecule has 0 saturated heterocycles. The third kappa shape index (κ3) is 5.01. The number of halogens is 1. The normalized spacial score (nSPS) is 10.9. The molecule has 2 N–H and O–H groups in total. The number of hydrogen-bond donors (Lipinski definition) is 2. The van der Waals surface area contributed by atoms with Gasteiger partial charge in [0, 0.05) is 5.56 Å². The number of phenolic OH excluding ortho intramolecular Hbond substituents is 1. The van der Waals surface area contributed by atoms with Crippen molar-refractivity contribution in [2.45, 2.75) is 6.54 Å². The fourth-order valence-electron chi connectivity index (χ4n) is 2.55. The number of carbonyl (C=O) groups is 1. The van der Waals surface area contributed by atoms with Gasteiger partial charge < -0.3 is 29.1 Å². The number of hydrazone groups is 1. The fraction of sp³-hybridized carbons (Fsp3) is 0.167. The number of hydrogen-bond acceptors (Lipinski definition) is 9. The summed E-state index contributed by atoms with van der Waals surface area (Å²) in [5.41, 5.74) is 2.83. The van der Waals surface area contributed by atoms with Crippen LogP contribution in [-0.2, 0) is 6.54 Å². The number of nitrogens with one attached hydrogen (secondary N) is 1. The number of ether oxygens (including phenoxy) is 2. The van der Waals surface area contributed by atoms with E-state index in [1.165, 1.54) is 49.5 Å². The van der Waals surface area contributed by atoms with Crippen LogP contribution in [0, 0.1) is 10.1 Å². The number of phenols is 1. The molecule has 0 spiro atoms. The van der Waals surface area contributed by atoms with Gasteiger partial charge in [0.25, 0.3) is 0 Å². The molecule has 2 aromatic heterocycles. The van der Waals surface area contributed by atoms with Gasteiger partial charge in [0.15, 0.2) is 17.3 Å². The molecule has 31 heavy (non-hydrogen) atoms. The minimum atomic E-state index is -0.612. The summed E-state index contributed by atoms with van der Waals surface area (Å²) in [7, 11) is 2.79. The third-order valence-corrected chi connectivity index (χ3v) is 4.52. The molecule has 12 nitrogen and oxygen atoms in total. The van der Waals surface area contributed by atoms with E-state index in [-0.39, 0.29) is 39.8 Å². The molecule has 0 unspecified atom stereocenters. The maximum atomic E-state index is 12.2. The predicted octanol–water partition coefficient (Wildman–Crippen LogP) is 2.68. The van der Waals surface area contributed by atoms with Gasteiger partial charge in [0.05, 0.1) is 31.7 Å². The maximum Gasteiger partial charge on any atom is 0.404 e. The summed E-state index contributed by atoms with van der Waals surface area (Å²) in [5, 5.41) is 28.4. The average molecular weight is 494 g/mol. The van der Waals surface area contributed by atoms with Gasteiger partial charge >= 0.3 is 11.7 Å². The second-order valence-corrected chi connectivity index (χ2v) is 6.85. The molecule has 0 saturated carbocycles. The van der Waals surface area contributed by atoms with Crippen LogP contribution < -0.4 is 14.9 Å². The molecule has 0 radical (unpaired) electrons. The summed E-state index contributed by atoms with van der Waals surface area (Å²) < 4.78 is 17.1. The van der Waals surface area contributed by atoms with E-state index in [1.807, 2.05) is 0 Å². The van der Waals surface area contributed by atoms with E-state index in [2.05, 4.69) is 31.6 Å². The lowest BCUT2D eigenvalue weighted by atomic mass is 10.2. The highest BCUT2D eigenvalue weighted by molar-refractivity contribution is 9.10. The first kappa shape index (κ1) is 21.8. The summed E-state index contributed by atoms with van der Waals surface area (Å²) in [4.78, 5) is 22.5. The lowest BCUT2D eigenvalue weighted by molar-refractivity contribution is -0.390. The Labute approximate surface area is 183 Å². The van der Waals surface area contributed by atoms with Crippen molar-refractivity contribution >= 4 is 33.9 Å². The number of furan rings is 1. The second-order valence-electron chi connectivity index (χ2n) is 5.99. The number of carbonyl (C=O) groups excluding carboxylic acids is 1. The maximum absolute atomic E-state index is 12.2. The standard InChI is InChI=1S/C18H16BrN5O7/c1-29-14-5-10(6-15(30-2)16(14)25)7-20-21-18(26)13-4-3-11(31-13)8-23-9-12(19)17(22-23)24(27)28/h3-7,9,25H,8H2,1-2H3,(H,21,26)/b20-7-. The van der Waals surface area contributed by atoms with Gasteiger partial charge in [0.2, 0.25) is 5.75 Å². The minimum Gasteiger partial charge on any atom is -0.502 e. The minimum absolute atomic E-state index is 0.00580. The van der Waals surface area contributed by atoms with Crippen LogP contribution in [-0.4, -0.2) is 46.2 Å². The molecule has 1 amide bonds. The number of methoxy groups -OCH3 is 2. The van der Waals surface area contributed by atoms with Crippen LogP contribution in [0.15, 0.2) is 44.5 Å². The molecule has 0 aliphatic rings. The highest BCUT2D eigenvalue weighted by Crippen LogP contribution is 2.36. The highest BCUT2D eigenvalue weighted by atomic mass is 79.9. The smallest absolute Gasteiger partial charge is 0.404 e. The van der Waals surface area contributed by atoms with Crippen LogP contribution in [0.1, 0.15) is 21.9 Å². The molecule has 0 aliphatic heterocycles. The number of rotatable bonds is 8. The van der Waals surface area contributed by atoms with Crippen LogP contribution in [0.3, 0.4) is 0 Å². The van der Waals surface area contributed by atoms with Crippen LogP contribution >= 0.6 is 15.9 Å². The van der Waals surface area contributed by atoms with Gasteiger partial charge in [-0.3, -0.25) is 4.79 Å². The van der Waals surface area contributed by atoms with Gasteiger partial charge in [-0.05, 0) is 45.1 Å². The van der Waals surface area contributed by atoms with E-state index in [0.29, 0.717) is 11.3 Å². The zero-order chi connectivity index (χ0) is 22.5. The zero-order valence-electron chi connectivity index (χ0n) is 16.2. The molecular weight excluding hydrogens is 478 g/mol. The summed E-state index contributed by atoms with van der Waals surface area (Å²) in [6.45, 7) is 0.0933. The molecule has 162 valence electrons. The molecule has 1 aromatic carbocycles. The van der Waals surface area contributed by atoms with Crippen molar-refractivity contribution in [2.75, 3.05) is 14.2 Å². The van der Waals surface area contributed by atoms with E-state index in [1.54, 1.807) is 6.07 Å². The molecule has 0 aliphatic carbocycles. The third-order valence-electron chi connectivity index (χ3n) is 3.96. The monoisotopic (exact) mass is 493 g/mol. The molecule has 0 bridgehead atoms. The number of aromatic hydroxyl groups is 1. The SMILES string of the molecule is COc1cc(/C=N\NC(=O)c2ccc(Cn3cc(Br)c([N+](=O)[O-])n3)o2)cc(OC)c1O. The van der Waals surface area contributed by atoms with Gasteiger partial charge in [-0.25, -0.2) is 5.43 Å². The highest BCUT2D eigenvalue weighted by Gasteiger charge is 2.20. The number of nitrogens with zero attached hydrogens (tertiary/aromatic N) is 4. The molecule has 13 heteroatoms. The quantitative estimate of drug-likeness (QED) is 0.275. The first-order chi connectivity index (χ1) is 14.8. The van der Waals surface area contributed by atoms with E-state index in [9.17, 15) is 20.0 Å². The molecular formula is C18H16BrN5O7. The Morgan fingerprint density at radius 3 is 2.65 bits per heavy atom. The topological polar surface area (TPSA) is 154 Å². The van der Waals surface area contributed by atoms with Crippen LogP contribution in [0.25, 0.3) is 0 Å². The average Bonchev–Trinajstić information content (AvgIpc) is 3.35. The van der Waals surface area contributed by atoms with Gasteiger partial charge in [-0.15, -0.1) is 0 Å². The van der Waals surface area contributed by atoms with E-state index in [4.69, 9.17) is 13.9 Å². The zero-order valence-corrected chi connectivity index (χ0v) is 17.8. The van der Waals surface area contributed by atoms with Gasteiger partial charge in [-0.2, -0.15) is 9.78 Å². The first-order valence-electron chi connectivity index (χ1n) is 8.56. The van der Waals surface area contributed by atoms with Crippen molar-refractivity contribution < 1.29 is 28.7 Å². The molecule has 2 heterocycles. The molecule has 0 fully saturated rings. The van der Waals surface area contributed by atoms with Crippen molar-refractivity contribution in [1.29, 1.82) is 0 Å². The number of benzene rings is 1. The van der Waals surface area contributed by atoms with Crippen molar-refractivity contribution in [3.05, 3.63) is 62.1 Å². The molecule has 3 rings (SSSR count). The van der Waals surface area contributed by atoms with Crippen molar-refractivity contribution in [3.63, 3.8) is 0 Å². The van der Waals surface area contributed by atoms with E-state index >= 15 is 0 Å². The summed E-state index contributed by atoms with van der Waals surface area (Å²) >= 11 is 3.06. The lowest BCUT2D eigenvalue weighted by Crippen LogP contribution is -2.16. The predicted molar refractivity (Wildman–Crippen MR) is 111 cm³/mol. The lowest BCUT2D eigenvalue weighted by Gasteiger charge is -2.09. The summed E-state index contributed by atoms with van der Waals surface area (Å²) in [6.07, 6.45) is 2.78. The molecule has 0 atom stereocenters. The number of amides is 1. The number of nitro groups is 1. The van der Waals surface area contributed by atoms with E-state index < -0.39 is 10.8 Å². The van der Waals surface area contributed by atoms with Crippen LogP contribution in [0.2, 0.25) is 0 Å². The Morgan fingerprint density at radius 1 is 1.39 bits per heavy atom. The Morgan fingerprint density at radius 2 is 2.06 bits per heavy atom. The molecule has 3 aromatic rings. The van der Waals surface area contributed by atoms with E-state index in [0.717, 1.165) is 0 Å². The van der Waals surface area contributed by atoms with Crippen molar-refractivity contribution in [3.8, 4) is 17.2 Å². The Balaban J connectivity index is 1.65. The fourth-order valence-corrected chi connectivity index (χ4v) is 3.01. The Kier molecular flexibility index (Phi) is 6.55. The Hall–Kier alpha value is -3.87. The second kappa shape index (κ2) is 9.30. The Bertz CT molecular complexity index is 1130. The summed E-state index contributed by atoms with van der Waals surface area (Å²) in [5.74, 6) is -0.333. The van der Waals surface area contributed by atoms with Crippen molar-refractivity contribution in [2.24, 2.45) is 5.10 Å².